The van der Waals surface area contributed by atoms with Crippen molar-refractivity contribution in [3.8, 4) is 0 Å². The number of nitrogens with zero attached hydrogens (tertiary/aromatic N) is 1. The lowest BCUT2D eigenvalue weighted by atomic mass is 9.82. The summed E-state index contributed by atoms with van der Waals surface area (Å²) in [7, 11) is 3.40. The van der Waals surface area contributed by atoms with Gasteiger partial charge in [-0.15, -0.1) is 0 Å². The van der Waals surface area contributed by atoms with Crippen LogP contribution >= 0.6 is 0 Å². The molecule has 0 saturated carbocycles. The number of hydrogen-bond donors (Lipinski definition) is 3. The first-order chi connectivity index (χ1) is 15.2. The van der Waals surface area contributed by atoms with E-state index in [9.17, 15) is 19.5 Å². The van der Waals surface area contributed by atoms with E-state index in [0.29, 0.717) is 6.42 Å². The normalized spacial score (nSPS) is 16.0. The summed E-state index contributed by atoms with van der Waals surface area (Å²) in [4.78, 5) is 40.2. The van der Waals surface area contributed by atoms with Gasteiger partial charge in [-0.05, 0) is 37.3 Å². The van der Waals surface area contributed by atoms with E-state index in [2.05, 4.69) is 10.6 Å². The van der Waals surface area contributed by atoms with E-state index in [0.717, 1.165) is 5.56 Å². The minimum atomic E-state index is -1.02. The van der Waals surface area contributed by atoms with Gasteiger partial charge in [0.1, 0.15) is 11.6 Å². The molecule has 0 fully saturated rings. The third kappa shape index (κ3) is 6.67. The van der Waals surface area contributed by atoms with Crippen molar-refractivity contribution in [3.63, 3.8) is 0 Å². The second-order valence-corrected chi connectivity index (χ2v) is 9.99. The van der Waals surface area contributed by atoms with Gasteiger partial charge in [0.25, 0.3) is 0 Å². The third-order valence-corrected chi connectivity index (χ3v) is 6.24. The Balaban J connectivity index is 3.37. The summed E-state index contributed by atoms with van der Waals surface area (Å²) in [6.45, 7) is 13.0. The molecule has 0 heterocycles. The van der Waals surface area contributed by atoms with Crippen molar-refractivity contribution < 1.29 is 19.5 Å². The maximum Gasteiger partial charge on any atom is 0.331 e. The van der Waals surface area contributed by atoms with E-state index in [4.69, 9.17) is 0 Å². The summed E-state index contributed by atoms with van der Waals surface area (Å²) < 4.78 is 0. The fraction of sp³-hybridized carbons (Fsp3) is 0.577. The van der Waals surface area contributed by atoms with E-state index >= 15 is 0 Å². The van der Waals surface area contributed by atoms with Gasteiger partial charge in [0.15, 0.2) is 0 Å². The van der Waals surface area contributed by atoms with Gasteiger partial charge in [-0.1, -0.05) is 78.0 Å². The molecule has 1 rings (SSSR count). The Bertz CT molecular complexity index is 852. The molecule has 184 valence electrons. The maximum absolute atomic E-state index is 13.7. The van der Waals surface area contributed by atoms with Crippen molar-refractivity contribution in [1.82, 2.24) is 15.5 Å². The van der Waals surface area contributed by atoms with Crippen LogP contribution in [0, 0.1) is 11.3 Å². The van der Waals surface area contributed by atoms with E-state index in [1.54, 1.807) is 25.1 Å². The Morgan fingerprint density at radius 3 is 2.06 bits per heavy atom. The van der Waals surface area contributed by atoms with E-state index in [-0.39, 0.29) is 23.3 Å². The largest absolute Gasteiger partial charge is 0.478 e. The summed E-state index contributed by atoms with van der Waals surface area (Å²) >= 11 is 0. The third-order valence-electron chi connectivity index (χ3n) is 6.24. The lowest BCUT2D eigenvalue weighted by Crippen LogP contribution is -2.61. The fourth-order valence-electron chi connectivity index (χ4n) is 3.99. The smallest absolute Gasteiger partial charge is 0.331 e. The van der Waals surface area contributed by atoms with Crippen LogP contribution in [0.25, 0.3) is 0 Å². The molecule has 1 aromatic rings. The molecule has 7 nitrogen and oxygen atoms in total. The molecule has 1 unspecified atom stereocenters. The van der Waals surface area contributed by atoms with Crippen LogP contribution in [-0.4, -0.2) is 54.0 Å². The highest BCUT2D eigenvalue weighted by Crippen LogP contribution is 2.28. The second kappa shape index (κ2) is 11.5. The van der Waals surface area contributed by atoms with Crippen LogP contribution in [0.5, 0.6) is 0 Å². The topological polar surface area (TPSA) is 98.7 Å². The number of likely N-dealkylation sites (N-methyl/N-ethyl adjacent to an activating group) is 2. The molecule has 0 aliphatic heterocycles. The van der Waals surface area contributed by atoms with Crippen LogP contribution < -0.4 is 10.6 Å². The number of nitrogens with one attached hydrogen (secondary N) is 2. The molecule has 1 aromatic carbocycles. The molecule has 2 amide bonds. The molecule has 0 spiro atoms. The van der Waals surface area contributed by atoms with Crippen LogP contribution in [0.1, 0.15) is 60.5 Å². The predicted molar refractivity (Wildman–Crippen MR) is 132 cm³/mol. The SMILES string of the molecule is CCC(NC)(C(=O)N[C@H](C(=O)N(C)[C@H](/C=C(\C)C(=O)O)C(C)C)C(C)(C)C)c1ccccc1. The van der Waals surface area contributed by atoms with Crippen molar-refractivity contribution in [2.45, 2.75) is 72.5 Å². The maximum atomic E-state index is 13.7. The molecule has 3 atom stereocenters. The van der Waals surface area contributed by atoms with E-state index in [1.165, 1.54) is 6.92 Å². The Morgan fingerprint density at radius 2 is 1.67 bits per heavy atom. The first-order valence-corrected chi connectivity index (χ1v) is 11.5. The van der Waals surface area contributed by atoms with Gasteiger partial charge in [-0.2, -0.15) is 0 Å². The van der Waals surface area contributed by atoms with Gasteiger partial charge in [-0.25, -0.2) is 4.79 Å². The van der Waals surface area contributed by atoms with Crippen molar-refractivity contribution in [2.75, 3.05) is 14.1 Å². The van der Waals surface area contributed by atoms with Crippen molar-refractivity contribution in [3.05, 3.63) is 47.5 Å². The quantitative estimate of drug-likeness (QED) is 0.465. The highest BCUT2D eigenvalue weighted by atomic mass is 16.4. The highest BCUT2D eigenvalue weighted by Gasteiger charge is 2.43. The minimum Gasteiger partial charge on any atom is -0.478 e. The molecular weight excluding hydrogens is 418 g/mol. The number of benzene rings is 1. The molecule has 0 aliphatic carbocycles. The number of carboxylic acid groups (broad SMARTS) is 1. The van der Waals surface area contributed by atoms with Gasteiger partial charge in [0, 0.05) is 12.6 Å². The van der Waals surface area contributed by atoms with Crippen molar-refractivity contribution in [1.29, 1.82) is 0 Å². The first-order valence-electron chi connectivity index (χ1n) is 11.5. The van der Waals surface area contributed by atoms with Crippen molar-refractivity contribution >= 4 is 17.8 Å². The Labute approximate surface area is 198 Å². The monoisotopic (exact) mass is 459 g/mol. The number of carboxylic acids is 1. The zero-order valence-electron chi connectivity index (χ0n) is 21.5. The average molecular weight is 460 g/mol. The molecule has 0 radical (unpaired) electrons. The molecule has 7 heteroatoms. The Hall–Kier alpha value is -2.67. The zero-order valence-corrected chi connectivity index (χ0v) is 21.5. The van der Waals surface area contributed by atoms with Gasteiger partial charge >= 0.3 is 5.97 Å². The van der Waals surface area contributed by atoms with Crippen LogP contribution in [0.15, 0.2) is 42.0 Å². The van der Waals surface area contributed by atoms with Crippen molar-refractivity contribution in [2.24, 2.45) is 11.3 Å². The predicted octanol–water partition coefficient (Wildman–Crippen LogP) is 3.56. The summed E-state index contributed by atoms with van der Waals surface area (Å²) in [5.41, 5.74) is -0.561. The molecular formula is C26H41N3O4. The number of carbonyl (C=O) groups excluding carboxylic acids is 2. The number of aliphatic carboxylic acids is 1. The molecule has 0 saturated heterocycles. The number of rotatable bonds is 10. The number of hydrogen-bond acceptors (Lipinski definition) is 4. The summed E-state index contributed by atoms with van der Waals surface area (Å²) in [5.74, 6) is -1.58. The number of amides is 2. The van der Waals surface area contributed by atoms with Gasteiger partial charge in [0.2, 0.25) is 11.8 Å². The second-order valence-electron chi connectivity index (χ2n) is 9.99. The van der Waals surface area contributed by atoms with E-state index < -0.39 is 29.0 Å². The highest BCUT2D eigenvalue weighted by molar-refractivity contribution is 5.93. The summed E-state index contributed by atoms with van der Waals surface area (Å²) in [6, 6.07) is 8.22. The first kappa shape index (κ1) is 28.4. The zero-order chi connectivity index (χ0) is 25.6. The summed E-state index contributed by atoms with van der Waals surface area (Å²) in [5, 5.41) is 15.5. The Kier molecular flexibility index (Phi) is 9.85. The lowest BCUT2D eigenvalue weighted by molar-refractivity contribution is -0.142. The lowest BCUT2D eigenvalue weighted by Gasteiger charge is -2.40. The molecule has 0 bridgehead atoms. The molecule has 3 N–H and O–H groups in total. The molecule has 0 aromatic heterocycles. The van der Waals surface area contributed by atoms with Crippen LogP contribution in [-0.2, 0) is 19.9 Å². The average Bonchev–Trinajstić information content (AvgIpc) is 2.75. The van der Waals surface area contributed by atoms with E-state index in [1.807, 2.05) is 71.9 Å². The molecule has 0 aliphatic rings. The Morgan fingerprint density at radius 1 is 1.12 bits per heavy atom. The van der Waals surface area contributed by atoms with Gasteiger partial charge in [0.05, 0.1) is 6.04 Å². The van der Waals surface area contributed by atoms with Crippen LogP contribution in [0.2, 0.25) is 0 Å². The van der Waals surface area contributed by atoms with Crippen LogP contribution in [0.4, 0.5) is 0 Å². The van der Waals surface area contributed by atoms with Crippen LogP contribution in [0.3, 0.4) is 0 Å². The number of carbonyl (C=O) groups is 3. The minimum absolute atomic E-state index is 0.0130. The van der Waals surface area contributed by atoms with Gasteiger partial charge < -0.3 is 20.6 Å². The summed E-state index contributed by atoms with van der Waals surface area (Å²) in [6.07, 6.45) is 2.09. The van der Waals surface area contributed by atoms with Gasteiger partial charge in [-0.3, -0.25) is 9.59 Å². The fourth-order valence-corrected chi connectivity index (χ4v) is 3.99. The standard InChI is InChI=1S/C26H41N3O4/c1-10-26(27-8,19-14-12-11-13-15-19)24(33)28-21(25(5,6)7)22(30)29(9)20(17(2)3)16-18(4)23(31)32/h11-17,20-21,27H,10H2,1-9H3,(H,28,33)(H,31,32)/b18-16+/t20-,21-,26?/m1/s1. The molecule has 33 heavy (non-hydrogen) atoms.